The normalized spacial score (nSPS) is 24.9. The molecule has 4 N–H and O–H groups in total. The summed E-state index contributed by atoms with van der Waals surface area (Å²) < 4.78 is 7.47. The summed E-state index contributed by atoms with van der Waals surface area (Å²) in [5.41, 5.74) is 7.63. The molecule has 0 saturated carbocycles. The summed E-state index contributed by atoms with van der Waals surface area (Å²) in [6.07, 6.45) is -0.759. The molecule has 4 atom stereocenters. The summed E-state index contributed by atoms with van der Waals surface area (Å²) >= 11 is 13.6. The minimum Gasteiger partial charge on any atom is -0.387 e. The average molecular weight is 442 g/mol. The Bertz CT molecular complexity index is 984. The van der Waals surface area contributed by atoms with Crippen LogP contribution in [0.4, 0.5) is 5.82 Å². The molecule has 2 aromatic heterocycles. The molecule has 0 bridgehead atoms. The van der Waals surface area contributed by atoms with E-state index in [0.717, 1.165) is 5.56 Å². The van der Waals surface area contributed by atoms with E-state index in [4.69, 9.17) is 33.7 Å². The molecule has 148 valence electrons. The molecule has 1 aromatic carbocycles. The van der Waals surface area contributed by atoms with E-state index in [1.54, 1.807) is 22.4 Å². The maximum atomic E-state index is 10.5. The fourth-order valence-electron chi connectivity index (χ4n) is 3.14. The third kappa shape index (κ3) is 3.78. The molecule has 3 heterocycles. The molecule has 1 aliphatic rings. The van der Waals surface area contributed by atoms with Crippen molar-refractivity contribution in [3.8, 4) is 0 Å². The number of halogens is 2. The van der Waals surface area contributed by atoms with Gasteiger partial charge in [-0.15, -0.1) is 0 Å². The first kappa shape index (κ1) is 19.7. The Morgan fingerprint density at radius 1 is 1.11 bits per heavy atom. The van der Waals surface area contributed by atoms with Crippen molar-refractivity contribution in [2.45, 2.75) is 30.3 Å². The summed E-state index contributed by atoms with van der Waals surface area (Å²) in [7, 11) is 0. The summed E-state index contributed by atoms with van der Waals surface area (Å²) in [5, 5.41) is 22.0. The van der Waals surface area contributed by atoms with Crippen LogP contribution in [0.3, 0.4) is 0 Å². The van der Waals surface area contributed by atoms with E-state index in [-0.39, 0.29) is 5.82 Å². The van der Waals surface area contributed by atoms with Gasteiger partial charge in [0.1, 0.15) is 24.1 Å². The number of aromatic nitrogens is 4. The number of rotatable bonds is 5. The van der Waals surface area contributed by atoms with Crippen molar-refractivity contribution in [1.29, 1.82) is 0 Å². The lowest BCUT2D eigenvalue weighted by Crippen LogP contribution is -2.32. The molecule has 3 aromatic rings. The highest BCUT2D eigenvalue weighted by atomic mass is 35.5. The smallest absolute Gasteiger partial charge is 0.167 e. The third-order valence-electron chi connectivity index (χ3n) is 4.47. The van der Waals surface area contributed by atoms with Crippen LogP contribution in [-0.2, 0) is 10.5 Å². The molecular formula is C17H17Cl2N5O3S. The first-order valence-electron chi connectivity index (χ1n) is 8.41. The number of benzene rings is 1. The van der Waals surface area contributed by atoms with E-state index in [1.807, 2.05) is 12.1 Å². The fourth-order valence-corrected chi connectivity index (χ4v) is 4.74. The Morgan fingerprint density at radius 3 is 2.61 bits per heavy atom. The van der Waals surface area contributed by atoms with Gasteiger partial charge in [-0.1, -0.05) is 23.2 Å². The van der Waals surface area contributed by atoms with Gasteiger partial charge >= 0.3 is 0 Å². The van der Waals surface area contributed by atoms with Crippen molar-refractivity contribution in [2.75, 3.05) is 11.5 Å². The number of thioether (sulfide) groups is 1. The maximum Gasteiger partial charge on any atom is 0.167 e. The van der Waals surface area contributed by atoms with Crippen LogP contribution in [0.5, 0.6) is 0 Å². The molecule has 1 aliphatic heterocycles. The average Bonchev–Trinajstić information content (AvgIpc) is 3.18. The zero-order chi connectivity index (χ0) is 19.8. The van der Waals surface area contributed by atoms with E-state index in [1.165, 1.54) is 12.7 Å². The van der Waals surface area contributed by atoms with Crippen molar-refractivity contribution in [3.63, 3.8) is 0 Å². The summed E-state index contributed by atoms with van der Waals surface area (Å²) in [6, 6.07) is 5.35. The number of aliphatic hydroxyl groups is 2. The number of hydrogen-bond donors (Lipinski definition) is 3. The number of imidazole rings is 1. The summed E-state index contributed by atoms with van der Waals surface area (Å²) in [6.45, 7) is 0. The van der Waals surface area contributed by atoms with Crippen LogP contribution >= 0.6 is 35.0 Å². The summed E-state index contributed by atoms with van der Waals surface area (Å²) in [5.74, 6) is 1.36. The van der Waals surface area contributed by atoms with Gasteiger partial charge in [-0.2, -0.15) is 11.8 Å². The third-order valence-corrected chi connectivity index (χ3v) is 6.01. The Labute approximate surface area is 174 Å². The standard InChI is InChI=1S/C17H17Cl2N5O3S/c18-9-1-8(2-10(19)3-9)4-28-5-11-13(25)14(26)17(27-11)24-7-23-12-15(20)21-6-22-16(12)24/h1-3,6-7,11,13-14,17,25-26H,4-5H2,(H2,20,21,22)/t11-,13-,14-,17-/m1/s1. The van der Waals surface area contributed by atoms with Crippen molar-refractivity contribution < 1.29 is 14.9 Å². The number of aliphatic hydroxyl groups excluding tert-OH is 2. The van der Waals surface area contributed by atoms with Gasteiger partial charge in [0.25, 0.3) is 0 Å². The van der Waals surface area contributed by atoms with Crippen LogP contribution in [0.25, 0.3) is 11.2 Å². The van der Waals surface area contributed by atoms with E-state index in [2.05, 4.69) is 15.0 Å². The molecule has 0 aliphatic carbocycles. The van der Waals surface area contributed by atoms with Gasteiger partial charge in [-0.25, -0.2) is 15.0 Å². The zero-order valence-electron chi connectivity index (χ0n) is 14.4. The Morgan fingerprint density at radius 2 is 1.86 bits per heavy atom. The van der Waals surface area contributed by atoms with Gasteiger partial charge in [0, 0.05) is 21.6 Å². The van der Waals surface area contributed by atoms with Crippen molar-refractivity contribution in [3.05, 3.63) is 46.5 Å². The number of anilines is 1. The molecule has 1 saturated heterocycles. The highest BCUT2D eigenvalue weighted by molar-refractivity contribution is 7.98. The number of nitrogen functional groups attached to an aromatic ring is 1. The van der Waals surface area contributed by atoms with Gasteiger partial charge in [0.15, 0.2) is 17.7 Å². The second-order valence-corrected chi connectivity index (χ2v) is 8.33. The van der Waals surface area contributed by atoms with Gasteiger partial charge in [0.2, 0.25) is 0 Å². The monoisotopic (exact) mass is 441 g/mol. The lowest BCUT2D eigenvalue weighted by Gasteiger charge is -2.16. The van der Waals surface area contributed by atoms with Crippen LogP contribution in [-0.4, -0.2) is 53.8 Å². The van der Waals surface area contributed by atoms with E-state index < -0.39 is 24.5 Å². The zero-order valence-corrected chi connectivity index (χ0v) is 16.8. The molecule has 0 amide bonds. The first-order chi connectivity index (χ1) is 13.4. The Kier molecular flexibility index (Phi) is 5.64. The van der Waals surface area contributed by atoms with Gasteiger partial charge in [-0.05, 0) is 23.8 Å². The molecule has 0 radical (unpaired) electrons. The van der Waals surface area contributed by atoms with Gasteiger partial charge in [-0.3, -0.25) is 4.57 Å². The SMILES string of the molecule is Nc1ncnc2c1ncn2[C@@H]1O[C@H](CSCc2cc(Cl)cc(Cl)c2)[C@@H](O)[C@H]1O. The van der Waals surface area contributed by atoms with Crippen LogP contribution in [0.1, 0.15) is 11.8 Å². The fraction of sp³-hybridized carbons (Fsp3) is 0.353. The number of nitrogens with two attached hydrogens (primary N) is 1. The maximum absolute atomic E-state index is 10.5. The van der Waals surface area contributed by atoms with Gasteiger partial charge < -0.3 is 20.7 Å². The lowest BCUT2D eigenvalue weighted by molar-refractivity contribution is -0.0289. The number of ether oxygens (including phenoxy) is 1. The van der Waals surface area contributed by atoms with Crippen LogP contribution < -0.4 is 5.73 Å². The van der Waals surface area contributed by atoms with E-state index in [0.29, 0.717) is 32.7 Å². The summed E-state index contributed by atoms with van der Waals surface area (Å²) in [4.78, 5) is 12.2. The predicted molar refractivity (Wildman–Crippen MR) is 108 cm³/mol. The Balaban J connectivity index is 1.45. The van der Waals surface area contributed by atoms with E-state index >= 15 is 0 Å². The number of nitrogens with zero attached hydrogens (tertiary/aromatic N) is 4. The van der Waals surface area contributed by atoms with Crippen LogP contribution in [0, 0.1) is 0 Å². The molecule has 8 nitrogen and oxygen atoms in total. The van der Waals surface area contributed by atoms with Crippen molar-refractivity contribution >= 4 is 51.9 Å². The highest BCUT2D eigenvalue weighted by Crippen LogP contribution is 2.34. The van der Waals surface area contributed by atoms with Gasteiger partial charge in [0.05, 0.1) is 12.4 Å². The molecule has 28 heavy (non-hydrogen) atoms. The van der Waals surface area contributed by atoms with Crippen LogP contribution in [0.15, 0.2) is 30.9 Å². The molecule has 1 fully saturated rings. The first-order valence-corrected chi connectivity index (χ1v) is 10.3. The molecule has 4 rings (SSSR count). The second kappa shape index (κ2) is 8.02. The lowest BCUT2D eigenvalue weighted by atomic mass is 10.1. The molecule has 11 heteroatoms. The minimum absolute atomic E-state index is 0.240. The highest BCUT2D eigenvalue weighted by Gasteiger charge is 2.44. The molecule has 0 spiro atoms. The van der Waals surface area contributed by atoms with Crippen molar-refractivity contribution in [2.24, 2.45) is 0 Å². The number of fused-ring (bicyclic) bond motifs is 1. The second-order valence-electron chi connectivity index (χ2n) is 6.42. The Hall–Kier alpha value is -1.62. The van der Waals surface area contributed by atoms with Crippen molar-refractivity contribution in [1.82, 2.24) is 19.5 Å². The van der Waals surface area contributed by atoms with E-state index in [9.17, 15) is 10.2 Å². The largest absolute Gasteiger partial charge is 0.387 e. The molecule has 0 unspecified atom stereocenters. The van der Waals surface area contributed by atoms with Crippen LogP contribution in [0.2, 0.25) is 10.0 Å². The molecular weight excluding hydrogens is 425 g/mol. The number of hydrogen-bond acceptors (Lipinski definition) is 8. The minimum atomic E-state index is -1.13. The quantitative estimate of drug-likeness (QED) is 0.551. The predicted octanol–water partition coefficient (Wildman–Crippen LogP) is 2.27. The topological polar surface area (TPSA) is 119 Å².